The Morgan fingerprint density at radius 1 is 1.33 bits per heavy atom. The number of nitrogens with two attached hydrogens (primary N) is 1. The number of amides is 1. The molecule has 1 unspecified atom stereocenters. The summed E-state index contributed by atoms with van der Waals surface area (Å²) in [5, 5.41) is 11.4. The van der Waals surface area contributed by atoms with E-state index >= 15 is 0 Å². The topological polar surface area (TPSA) is 118 Å². The molecule has 3 aliphatic rings. The number of carbonyl (C=O) groups excluding carboxylic acids is 2. The van der Waals surface area contributed by atoms with Crippen LogP contribution in [0.4, 0.5) is 0 Å². The van der Waals surface area contributed by atoms with E-state index in [0.29, 0.717) is 5.70 Å². The highest BCUT2D eigenvalue weighted by Gasteiger charge is 2.27. The first-order valence-electron chi connectivity index (χ1n) is 14.5. The van der Waals surface area contributed by atoms with Crippen molar-refractivity contribution < 1.29 is 9.59 Å². The monoisotopic (exact) mass is 571 g/mol. The smallest absolute Gasteiger partial charge is 0.271 e. The predicted molar refractivity (Wildman–Crippen MR) is 172 cm³/mol. The first kappa shape index (κ1) is 32.5. The Balaban J connectivity index is 1.74. The summed E-state index contributed by atoms with van der Waals surface area (Å²) < 4.78 is 0. The van der Waals surface area contributed by atoms with E-state index in [9.17, 15) is 9.59 Å². The number of allylic oxidation sites excluding steroid dienone is 4. The molecule has 0 spiro atoms. The molecule has 3 aliphatic heterocycles. The van der Waals surface area contributed by atoms with Gasteiger partial charge in [0.1, 0.15) is 11.4 Å². The molecule has 0 aromatic rings. The quantitative estimate of drug-likeness (QED) is 0.142. The predicted octanol–water partition coefficient (Wildman–Crippen LogP) is 3.66. The molecule has 4 N–H and O–H groups in total. The third kappa shape index (κ3) is 8.03. The van der Waals surface area contributed by atoms with Crippen molar-refractivity contribution in [3.8, 4) is 0 Å². The van der Waals surface area contributed by atoms with E-state index < -0.39 is 0 Å². The lowest BCUT2D eigenvalue weighted by Crippen LogP contribution is -2.36. The van der Waals surface area contributed by atoms with Gasteiger partial charge in [-0.25, -0.2) is 4.79 Å². The number of aliphatic imine (C=N–C) groups is 1. The maximum atomic E-state index is 12.1. The molecule has 0 aromatic carbocycles. The second-order valence-corrected chi connectivity index (χ2v) is 11.0. The van der Waals surface area contributed by atoms with E-state index in [0.717, 1.165) is 85.5 Å². The van der Waals surface area contributed by atoms with Gasteiger partial charge in [-0.1, -0.05) is 48.8 Å². The number of hydrogen-bond acceptors (Lipinski definition) is 8. The van der Waals surface area contributed by atoms with Gasteiger partial charge in [-0.2, -0.15) is 0 Å². The lowest BCUT2D eigenvalue weighted by atomic mass is 9.94. The minimum atomic E-state index is -0.339. The van der Waals surface area contributed by atoms with Crippen molar-refractivity contribution in [3.05, 3.63) is 88.1 Å². The van der Waals surface area contributed by atoms with Gasteiger partial charge in [0.25, 0.3) is 5.91 Å². The van der Waals surface area contributed by atoms with E-state index in [4.69, 9.17) is 11.1 Å². The highest BCUT2D eigenvalue weighted by molar-refractivity contribution is 6.42. The van der Waals surface area contributed by atoms with Crippen molar-refractivity contribution in [1.29, 1.82) is 5.41 Å². The molecule has 0 aliphatic carbocycles. The van der Waals surface area contributed by atoms with Gasteiger partial charge in [0.05, 0.1) is 5.70 Å². The van der Waals surface area contributed by atoms with E-state index in [2.05, 4.69) is 46.8 Å². The Hall–Kier alpha value is -4.04. The van der Waals surface area contributed by atoms with Crippen LogP contribution in [0, 0.1) is 5.41 Å². The average Bonchev–Trinajstić information content (AvgIpc) is 3.46. The molecule has 3 heterocycles. The van der Waals surface area contributed by atoms with Gasteiger partial charge >= 0.3 is 0 Å². The van der Waals surface area contributed by atoms with Crippen molar-refractivity contribution in [2.75, 3.05) is 47.3 Å². The molecule has 42 heavy (non-hydrogen) atoms. The zero-order valence-electron chi connectivity index (χ0n) is 25.7. The summed E-state index contributed by atoms with van der Waals surface area (Å²) in [5.74, 6) is 1.82. The molecule has 0 aromatic heterocycles. The summed E-state index contributed by atoms with van der Waals surface area (Å²) in [6.45, 7) is 11.7. The third-order valence-corrected chi connectivity index (χ3v) is 7.60. The SMILES string of the molecule is C=C(/C=C(\CCC)CN1CC=C(C(N)/C(C)=C\C(=N)C(=O)N(C)C)CC1)/C(=C\C=NC)N1C=CC2=C(CCN2)C1=C=O. The maximum Gasteiger partial charge on any atom is 0.271 e. The molecule has 0 saturated heterocycles. The largest absolute Gasteiger partial charge is 0.384 e. The lowest BCUT2D eigenvalue weighted by molar-refractivity contribution is -0.121. The van der Waals surface area contributed by atoms with Crippen molar-refractivity contribution >= 4 is 23.8 Å². The van der Waals surface area contributed by atoms with Crippen LogP contribution < -0.4 is 11.1 Å². The molecule has 9 nitrogen and oxygen atoms in total. The van der Waals surface area contributed by atoms with Crippen LogP contribution in [0.15, 0.2) is 93.1 Å². The Morgan fingerprint density at radius 2 is 2.10 bits per heavy atom. The highest BCUT2D eigenvalue weighted by Crippen LogP contribution is 2.33. The second kappa shape index (κ2) is 15.3. The van der Waals surface area contributed by atoms with Crippen molar-refractivity contribution in [2.24, 2.45) is 10.7 Å². The molecule has 0 fully saturated rings. The molecule has 0 radical (unpaired) electrons. The molecular formula is C33H45N7O2. The fourth-order valence-corrected chi connectivity index (χ4v) is 5.33. The Kier molecular flexibility index (Phi) is 11.8. The third-order valence-electron chi connectivity index (χ3n) is 7.60. The van der Waals surface area contributed by atoms with E-state index in [1.54, 1.807) is 33.4 Å². The van der Waals surface area contributed by atoms with Crippen LogP contribution in [-0.4, -0.2) is 91.8 Å². The maximum absolute atomic E-state index is 12.1. The Morgan fingerprint density at radius 3 is 2.71 bits per heavy atom. The summed E-state index contributed by atoms with van der Waals surface area (Å²) in [6, 6.07) is -0.316. The van der Waals surface area contributed by atoms with E-state index in [1.807, 2.05) is 30.2 Å². The van der Waals surface area contributed by atoms with Crippen molar-refractivity contribution in [3.63, 3.8) is 0 Å². The minimum absolute atomic E-state index is 0.0629. The fourth-order valence-electron chi connectivity index (χ4n) is 5.33. The molecule has 9 heteroatoms. The van der Waals surface area contributed by atoms with Gasteiger partial charge in [-0.3, -0.25) is 20.1 Å². The molecular weight excluding hydrogens is 526 g/mol. The number of nitrogens with zero attached hydrogens (tertiary/aromatic N) is 4. The molecule has 1 amide bonds. The molecule has 1 atom stereocenters. The highest BCUT2D eigenvalue weighted by atomic mass is 16.2. The van der Waals surface area contributed by atoms with Gasteiger partial charge in [-0.05, 0) is 50.0 Å². The number of carbonyl (C=O) groups is 1. The molecule has 0 bridgehead atoms. The van der Waals surface area contributed by atoms with E-state index in [1.165, 1.54) is 10.5 Å². The van der Waals surface area contributed by atoms with Gasteiger partial charge < -0.3 is 20.9 Å². The van der Waals surface area contributed by atoms with Gasteiger partial charge in [-0.15, -0.1) is 0 Å². The van der Waals surface area contributed by atoms with Gasteiger partial charge in [0, 0.05) is 77.0 Å². The van der Waals surface area contributed by atoms with Gasteiger partial charge in [0.2, 0.25) is 0 Å². The first-order valence-corrected chi connectivity index (χ1v) is 14.5. The minimum Gasteiger partial charge on any atom is -0.384 e. The van der Waals surface area contributed by atoms with Crippen LogP contribution in [0.5, 0.6) is 0 Å². The van der Waals surface area contributed by atoms with Crippen molar-refractivity contribution in [1.82, 2.24) is 20.0 Å². The molecule has 0 saturated carbocycles. The lowest BCUT2D eigenvalue weighted by Gasteiger charge is -2.30. The summed E-state index contributed by atoms with van der Waals surface area (Å²) in [5.41, 5.74) is 13.7. The molecule has 224 valence electrons. The molecule has 3 rings (SSSR count). The summed E-state index contributed by atoms with van der Waals surface area (Å²) in [4.78, 5) is 33.9. The normalized spacial score (nSPS) is 19.0. The van der Waals surface area contributed by atoms with Gasteiger partial charge in [0.15, 0.2) is 5.94 Å². The number of hydrogen-bond donors (Lipinski definition) is 3. The fraction of sp³-hybridized carbons (Fsp3) is 0.424. The van der Waals surface area contributed by atoms with Crippen molar-refractivity contribution in [2.45, 2.75) is 45.6 Å². The Labute approximate surface area is 250 Å². The standard InChI is InChI=1S/C33H45N7O2/c1-7-8-25(21-39-16-11-26(12-17-39)32(35)24(3)20-28(34)33(42)38(5)6)19-23(2)30(10-14-36-4)40-18-13-29-27(9-15-37-29)31(40)22-41/h10-11,13-14,18-20,32,34,37H,2,7-9,12,15-17,21,35H2,1,3-6H3/b24-20-,25-19+,30-10+,34-28?,36-14?. The van der Waals surface area contributed by atoms with Crippen LogP contribution in [0.1, 0.15) is 39.5 Å². The summed E-state index contributed by atoms with van der Waals surface area (Å²) in [7, 11) is 4.99. The number of nitrogens with one attached hydrogen (secondary N) is 2. The second-order valence-electron chi connectivity index (χ2n) is 11.0. The first-order chi connectivity index (χ1) is 20.1. The van der Waals surface area contributed by atoms with Crippen LogP contribution in [-0.2, 0) is 9.59 Å². The average molecular weight is 572 g/mol. The van der Waals surface area contributed by atoms with Crippen LogP contribution in [0.3, 0.4) is 0 Å². The summed E-state index contributed by atoms with van der Waals surface area (Å²) in [6.07, 6.45) is 16.9. The zero-order chi connectivity index (χ0) is 30.8. The number of rotatable bonds is 12. The van der Waals surface area contributed by atoms with Crippen LogP contribution in [0.2, 0.25) is 0 Å². The zero-order valence-corrected chi connectivity index (χ0v) is 25.7. The van der Waals surface area contributed by atoms with Crippen LogP contribution in [0.25, 0.3) is 0 Å². The van der Waals surface area contributed by atoms with Crippen LogP contribution >= 0.6 is 0 Å². The Bertz CT molecular complexity index is 1350. The summed E-state index contributed by atoms with van der Waals surface area (Å²) >= 11 is 0. The van der Waals surface area contributed by atoms with E-state index in [-0.39, 0.29) is 17.7 Å².